The van der Waals surface area contributed by atoms with Crippen molar-refractivity contribution in [2.75, 3.05) is 5.32 Å². The second kappa shape index (κ2) is 5.79. The van der Waals surface area contributed by atoms with E-state index in [0.29, 0.717) is 11.6 Å². The number of carbonyl (C=O) groups excluding carboxylic acids is 1. The Morgan fingerprint density at radius 3 is 2.87 bits per heavy atom. The quantitative estimate of drug-likeness (QED) is 0.797. The third kappa shape index (κ3) is 2.67. The van der Waals surface area contributed by atoms with Crippen molar-refractivity contribution >= 4 is 17.5 Å². The molecule has 1 N–H and O–H groups in total. The van der Waals surface area contributed by atoms with E-state index in [1.54, 1.807) is 21.3 Å². The van der Waals surface area contributed by atoms with Crippen molar-refractivity contribution in [2.45, 2.75) is 40.2 Å². The van der Waals surface area contributed by atoms with E-state index in [0.717, 1.165) is 17.8 Å². The summed E-state index contributed by atoms with van der Waals surface area (Å²) in [5.74, 6) is 0.931. The fraction of sp³-hybridized carbons (Fsp3) is 0.400. The van der Waals surface area contributed by atoms with E-state index in [1.165, 1.54) is 0 Å². The third-order valence-corrected chi connectivity index (χ3v) is 3.82. The zero-order chi connectivity index (χ0) is 16.6. The summed E-state index contributed by atoms with van der Waals surface area (Å²) in [6.45, 7) is 7.89. The van der Waals surface area contributed by atoms with Crippen molar-refractivity contribution in [3.05, 3.63) is 35.5 Å². The summed E-state index contributed by atoms with van der Waals surface area (Å²) >= 11 is 0. The third-order valence-electron chi connectivity index (χ3n) is 3.82. The summed E-state index contributed by atoms with van der Waals surface area (Å²) in [7, 11) is 0. The largest absolute Gasteiger partial charge is 0.304 e. The summed E-state index contributed by atoms with van der Waals surface area (Å²) in [5.41, 5.74) is 1.70. The van der Waals surface area contributed by atoms with E-state index in [9.17, 15) is 4.79 Å². The lowest BCUT2D eigenvalue weighted by molar-refractivity contribution is 0.101. The molecule has 120 valence electrons. The number of amides is 1. The molecule has 0 bridgehead atoms. The molecule has 3 aromatic heterocycles. The molecule has 0 aliphatic heterocycles. The van der Waals surface area contributed by atoms with E-state index in [1.807, 2.05) is 26.8 Å². The first-order chi connectivity index (χ1) is 11.0. The fourth-order valence-corrected chi connectivity index (χ4v) is 2.49. The zero-order valence-corrected chi connectivity index (χ0v) is 13.6. The lowest BCUT2D eigenvalue weighted by Gasteiger charge is -2.13. The Bertz CT molecular complexity index is 864. The number of nitrogens with zero attached hydrogens (tertiary/aromatic N) is 6. The number of nitrogens with one attached hydrogen (secondary N) is 1. The number of hydrogen-bond donors (Lipinski definition) is 1. The molecule has 1 amide bonds. The van der Waals surface area contributed by atoms with Gasteiger partial charge in [-0.1, -0.05) is 6.92 Å². The molecule has 8 heteroatoms. The van der Waals surface area contributed by atoms with Crippen LogP contribution in [0.25, 0.3) is 5.78 Å². The Kier molecular flexibility index (Phi) is 3.81. The normalized spacial score (nSPS) is 12.5. The Balaban J connectivity index is 1.95. The van der Waals surface area contributed by atoms with E-state index < -0.39 is 0 Å². The molecule has 0 aromatic carbocycles. The lowest BCUT2D eigenvalue weighted by Crippen LogP contribution is -2.20. The van der Waals surface area contributed by atoms with Crippen molar-refractivity contribution in [1.29, 1.82) is 0 Å². The summed E-state index contributed by atoms with van der Waals surface area (Å²) in [6, 6.07) is 3.85. The van der Waals surface area contributed by atoms with Gasteiger partial charge in [-0.25, -0.2) is 9.67 Å². The number of carbonyl (C=O) groups is 1. The second-order valence-corrected chi connectivity index (χ2v) is 5.57. The topological polar surface area (TPSA) is 90.0 Å². The highest BCUT2D eigenvalue weighted by atomic mass is 16.2. The molecule has 8 nitrogen and oxygen atoms in total. The predicted molar refractivity (Wildman–Crippen MR) is 85.4 cm³/mol. The van der Waals surface area contributed by atoms with Gasteiger partial charge in [-0.3, -0.25) is 9.20 Å². The van der Waals surface area contributed by atoms with Crippen molar-refractivity contribution < 1.29 is 4.79 Å². The molecule has 0 spiro atoms. The summed E-state index contributed by atoms with van der Waals surface area (Å²) in [4.78, 5) is 16.9. The van der Waals surface area contributed by atoms with Crippen LogP contribution in [-0.4, -0.2) is 35.3 Å². The van der Waals surface area contributed by atoms with Crippen molar-refractivity contribution in [1.82, 2.24) is 29.4 Å². The number of rotatable bonds is 4. The molecule has 0 aliphatic carbocycles. The molecule has 0 saturated heterocycles. The number of fused-ring (bicyclic) bond motifs is 1. The van der Waals surface area contributed by atoms with Gasteiger partial charge >= 0.3 is 0 Å². The minimum atomic E-state index is -0.337. The molecule has 1 atom stereocenters. The molecule has 0 fully saturated rings. The van der Waals surface area contributed by atoms with Crippen LogP contribution in [0.5, 0.6) is 0 Å². The minimum Gasteiger partial charge on any atom is -0.304 e. The predicted octanol–water partition coefficient (Wildman–Crippen LogP) is 2.16. The maximum Gasteiger partial charge on any atom is 0.295 e. The molecule has 3 heterocycles. The molecular weight excluding hydrogens is 294 g/mol. The highest BCUT2D eigenvalue weighted by Crippen LogP contribution is 2.17. The first kappa shape index (κ1) is 15.1. The number of anilines is 1. The van der Waals surface area contributed by atoms with Crippen LogP contribution in [0.2, 0.25) is 0 Å². The van der Waals surface area contributed by atoms with Crippen LogP contribution in [0, 0.1) is 13.8 Å². The molecule has 0 saturated carbocycles. The average molecular weight is 313 g/mol. The van der Waals surface area contributed by atoms with Crippen LogP contribution in [0.15, 0.2) is 18.3 Å². The van der Waals surface area contributed by atoms with Crippen LogP contribution in [0.1, 0.15) is 48.3 Å². The van der Waals surface area contributed by atoms with E-state index in [4.69, 9.17) is 0 Å². The van der Waals surface area contributed by atoms with E-state index in [-0.39, 0.29) is 17.8 Å². The zero-order valence-electron chi connectivity index (χ0n) is 13.6. The summed E-state index contributed by atoms with van der Waals surface area (Å²) < 4.78 is 3.43. The van der Waals surface area contributed by atoms with E-state index >= 15 is 0 Å². The summed E-state index contributed by atoms with van der Waals surface area (Å²) in [5, 5.41) is 15.1. The van der Waals surface area contributed by atoms with Gasteiger partial charge in [0.05, 0.1) is 12.2 Å². The number of aromatic nitrogens is 6. The Labute approximate surface area is 133 Å². The monoisotopic (exact) mass is 313 g/mol. The van der Waals surface area contributed by atoms with Gasteiger partial charge < -0.3 is 5.32 Å². The van der Waals surface area contributed by atoms with Crippen molar-refractivity contribution in [2.24, 2.45) is 0 Å². The van der Waals surface area contributed by atoms with Gasteiger partial charge in [0.15, 0.2) is 0 Å². The molecule has 0 radical (unpaired) electrons. The maximum atomic E-state index is 12.6. The van der Waals surface area contributed by atoms with Gasteiger partial charge in [0.1, 0.15) is 5.82 Å². The van der Waals surface area contributed by atoms with E-state index in [2.05, 4.69) is 32.5 Å². The Hall–Kier alpha value is -2.77. The molecule has 1 unspecified atom stereocenters. The van der Waals surface area contributed by atoms with Crippen LogP contribution in [0.3, 0.4) is 0 Å². The highest BCUT2D eigenvalue weighted by Gasteiger charge is 2.19. The van der Waals surface area contributed by atoms with Gasteiger partial charge in [0.25, 0.3) is 11.7 Å². The Morgan fingerprint density at radius 2 is 2.13 bits per heavy atom. The molecule has 3 rings (SSSR count). The van der Waals surface area contributed by atoms with Crippen LogP contribution in [0.4, 0.5) is 5.82 Å². The second-order valence-electron chi connectivity index (χ2n) is 5.57. The molecular formula is C15H19N7O. The molecule has 0 aliphatic rings. The van der Waals surface area contributed by atoms with Crippen molar-refractivity contribution in [3.63, 3.8) is 0 Å². The van der Waals surface area contributed by atoms with Crippen LogP contribution < -0.4 is 5.32 Å². The highest BCUT2D eigenvalue weighted by molar-refractivity contribution is 6.01. The van der Waals surface area contributed by atoms with Crippen LogP contribution >= 0.6 is 0 Å². The lowest BCUT2D eigenvalue weighted by atomic mass is 10.3. The smallest absolute Gasteiger partial charge is 0.295 e. The molecule has 3 aromatic rings. The number of hydrogen-bond acceptors (Lipinski definition) is 5. The first-order valence-electron chi connectivity index (χ1n) is 7.55. The minimum absolute atomic E-state index is 0.196. The maximum absolute atomic E-state index is 12.6. The first-order valence-corrected chi connectivity index (χ1v) is 7.55. The van der Waals surface area contributed by atoms with Crippen LogP contribution in [-0.2, 0) is 0 Å². The fourth-order valence-electron chi connectivity index (χ4n) is 2.49. The van der Waals surface area contributed by atoms with Gasteiger partial charge in [0.2, 0.25) is 5.82 Å². The van der Waals surface area contributed by atoms with Gasteiger partial charge in [-0.15, -0.1) is 10.2 Å². The average Bonchev–Trinajstić information content (AvgIpc) is 3.13. The SMILES string of the molecule is CCC(C)n1nccc1NC(=O)c1nnc2nc(C)cc(C)n12. The molecule has 23 heavy (non-hydrogen) atoms. The van der Waals surface area contributed by atoms with Gasteiger partial charge in [0, 0.05) is 17.5 Å². The van der Waals surface area contributed by atoms with Gasteiger partial charge in [-0.2, -0.15) is 5.10 Å². The number of aryl methyl sites for hydroxylation is 2. The van der Waals surface area contributed by atoms with Crippen molar-refractivity contribution in [3.8, 4) is 0 Å². The standard InChI is InChI=1S/C15H19N7O/c1-5-10(3)22-12(6-7-16-22)18-14(23)13-19-20-15-17-9(2)8-11(4)21(13)15/h6-8,10H,5H2,1-4H3,(H,18,23). The summed E-state index contributed by atoms with van der Waals surface area (Å²) in [6.07, 6.45) is 2.58. The Morgan fingerprint density at radius 1 is 1.35 bits per heavy atom. The van der Waals surface area contributed by atoms with Gasteiger partial charge in [-0.05, 0) is 33.3 Å².